The van der Waals surface area contributed by atoms with Crippen molar-refractivity contribution in [2.75, 3.05) is 69.1 Å². The van der Waals surface area contributed by atoms with Gasteiger partial charge in [0.2, 0.25) is 5.91 Å². The van der Waals surface area contributed by atoms with Crippen LogP contribution >= 0.6 is 0 Å². The molecule has 1 unspecified atom stereocenters. The summed E-state index contributed by atoms with van der Waals surface area (Å²) in [6.07, 6.45) is 4.52. The number of aromatic amines is 1. The van der Waals surface area contributed by atoms with Gasteiger partial charge in [-0.05, 0) is 79.1 Å². The van der Waals surface area contributed by atoms with Crippen molar-refractivity contribution in [2.45, 2.75) is 83.2 Å². The van der Waals surface area contributed by atoms with E-state index in [9.17, 15) is 34.0 Å². The summed E-state index contributed by atoms with van der Waals surface area (Å²) in [6, 6.07) is 17.4. The molecule has 15 heteroatoms. The number of H-pyrrole nitrogens is 1. The van der Waals surface area contributed by atoms with E-state index in [1.807, 2.05) is 30.0 Å². The number of aromatic nitrogens is 2. The number of nitriles is 1. The van der Waals surface area contributed by atoms with E-state index in [4.69, 9.17) is 0 Å². The van der Waals surface area contributed by atoms with Gasteiger partial charge in [0.05, 0.1) is 23.2 Å². The first-order valence-electron chi connectivity index (χ1n) is 24.0. The van der Waals surface area contributed by atoms with Crippen molar-refractivity contribution in [1.29, 1.82) is 5.26 Å². The summed E-state index contributed by atoms with van der Waals surface area (Å²) in [5, 5.41) is 20.7. The molecule has 15 nitrogen and oxygen atoms in total. The van der Waals surface area contributed by atoms with E-state index < -0.39 is 11.5 Å². The summed E-state index contributed by atoms with van der Waals surface area (Å²) in [6.45, 7) is 13.9. The molecule has 69 heavy (non-hydrogen) atoms. The predicted molar refractivity (Wildman–Crippen MR) is 264 cm³/mol. The molecule has 1 aliphatic carbocycles. The number of anilines is 2. The van der Waals surface area contributed by atoms with Crippen LogP contribution in [-0.2, 0) is 40.6 Å². The van der Waals surface area contributed by atoms with Gasteiger partial charge in [-0.25, -0.2) is 24.0 Å². The highest BCUT2D eigenvalue weighted by molar-refractivity contribution is 6.10. The molecule has 3 fully saturated rings. The summed E-state index contributed by atoms with van der Waals surface area (Å²) in [4.78, 5) is 84.5. The topological polar surface area (TPSA) is 193 Å². The van der Waals surface area contributed by atoms with Crippen molar-refractivity contribution >= 4 is 74.2 Å². The first-order chi connectivity index (χ1) is 33.6. The van der Waals surface area contributed by atoms with Gasteiger partial charge in [-0.15, -0.1) is 0 Å². The molecule has 5 heterocycles. The highest BCUT2D eigenvalue weighted by Gasteiger charge is 2.40. The molecule has 3 saturated heterocycles. The minimum Gasteiger partial charge on any atom is -0.384 e. The lowest BCUT2D eigenvalue weighted by molar-refractivity contribution is -0.121. The van der Waals surface area contributed by atoms with E-state index in [1.54, 1.807) is 30.2 Å². The molecule has 9 rings (SSSR count). The minimum absolute atomic E-state index is 0.00735. The Bertz CT molecular complexity index is 3260. The Hall–Kier alpha value is -7.47. The standard InChI is InChI=1S/C54H55N9O6/c1-4-35-26-40-41(30-65)51-38-11-9-34(28-55)25-44(38)59-53(51)54(2,3)42(40)27-47(35)62-19-13-37(14-20-62)61-23-21-60(22-24-61)18-15-50(69)57-17-6-16-56-43-8-5-7-39-48(32-67)63(49(33-68)52(39)43)46-12-10-36(29-64)58-45(46)31-66/h5,7-9,11,25-27,37,46,56,58-59H,4,6,10,12-24H2,1-3H3,(H,57,69). The molecule has 3 aromatic carbocycles. The van der Waals surface area contributed by atoms with Crippen molar-refractivity contribution in [3.63, 3.8) is 0 Å². The summed E-state index contributed by atoms with van der Waals surface area (Å²) < 4.78 is 1.44. The highest BCUT2D eigenvalue weighted by atomic mass is 16.1. The van der Waals surface area contributed by atoms with Gasteiger partial charge in [0.1, 0.15) is 39.9 Å². The maximum atomic E-state index is 12.9. The van der Waals surface area contributed by atoms with Crippen LogP contribution in [-0.4, -0.2) is 120 Å². The van der Waals surface area contributed by atoms with E-state index in [0.717, 1.165) is 91.8 Å². The van der Waals surface area contributed by atoms with Gasteiger partial charge in [0, 0.05) is 128 Å². The van der Waals surface area contributed by atoms with Gasteiger partial charge < -0.3 is 35.3 Å². The lowest BCUT2D eigenvalue weighted by Gasteiger charge is -2.44. The van der Waals surface area contributed by atoms with E-state index in [0.29, 0.717) is 66.1 Å². The Morgan fingerprint density at radius 1 is 0.855 bits per heavy atom. The number of fused-ring (bicyclic) bond motifs is 5. The van der Waals surface area contributed by atoms with Crippen LogP contribution in [0.1, 0.15) is 98.8 Å². The number of hydrogen-bond acceptors (Lipinski definition) is 12. The number of amides is 1. The molecule has 5 aromatic rings. The van der Waals surface area contributed by atoms with Gasteiger partial charge in [-0.2, -0.15) is 5.26 Å². The SMILES string of the molecule is CCc1cc2c(cc1N1CCC(N3CCN(CCC(=O)NCCCNc4cccc5c(=C=O)n(C6CCC(=C=O)NC6=C=O)c(=C=O)c45)CC3)CC1)C(C)(C)c1[nH]c3cc(C#N)ccc3c1C2=C=O. The van der Waals surface area contributed by atoms with Crippen LogP contribution in [0, 0.1) is 11.3 Å². The van der Waals surface area contributed by atoms with Crippen molar-refractivity contribution < 1.29 is 28.8 Å². The number of rotatable bonds is 12. The van der Waals surface area contributed by atoms with Crippen LogP contribution in [0.3, 0.4) is 0 Å². The summed E-state index contributed by atoms with van der Waals surface area (Å²) in [5.41, 5.74) is 8.77. The van der Waals surface area contributed by atoms with Crippen LogP contribution < -0.4 is 31.5 Å². The van der Waals surface area contributed by atoms with Crippen LogP contribution in [0.5, 0.6) is 0 Å². The Labute approximate surface area is 399 Å². The van der Waals surface area contributed by atoms with Crippen molar-refractivity contribution in [2.24, 2.45) is 0 Å². The average Bonchev–Trinajstić information content (AvgIpc) is 3.94. The third-order valence-corrected chi connectivity index (χ3v) is 14.9. The normalized spacial score (nSPS) is 18.3. The number of nitrogens with zero attached hydrogens (tertiary/aromatic N) is 5. The number of nitrogens with one attached hydrogen (secondary N) is 4. The zero-order valence-corrected chi connectivity index (χ0v) is 39.3. The fourth-order valence-corrected chi connectivity index (χ4v) is 11.2. The first-order valence-corrected chi connectivity index (χ1v) is 24.0. The lowest BCUT2D eigenvalue weighted by Crippen LogP contribution is -2.53. The molecular weight excluding hydrogens is 871 g/mol. The smallest absolute Gasteiger partial charge is 0.221 e. The minimum atomic E-state index is -0.745. The zero-order chi connectivity index (χ0) is 48.4. The Balaban J connectivity index is 0.743. The predicted octanol–water partition coefficient (Wildman–Crippen LogP) is 3.42. The fourth-order valence-electron chi connectivity index (χ4n) is 11.2. The number of piperazine rings is 1. The molecule has 4 aliphatic rings. The molecule has 2 aromatic heterocycles. The number of allylic oxidation sites excluding steroid dienone is 2. The van der Waals surface area contributed by atoms with Gasteiger partial charge >= 0.3 is 0 Å². The summed E-state index contributed by atoms with van der Waals surface area (Å²) >= 11 is 0. The number of benzene rings is 3. The monoisotopic (exact) mass is 925 g/mol. The third kappa shape index (κ3) is 8.57. The molecule has 0 bridgehead atoms. The van der Waals surface area contributed by atoms with E-state index in [2.05, 4.69) is 80.5 Å². The molecule has 1 atom stereocenters. The van der Waals surface area contributed by atoms with Crippen LogP contribution in [0.2, 0.25) is 0 Å². The molecule has 1 amide bonds. The number of piperidine rings is 2. The van der Waals surface area contributed by atoms with Crippen LogP contribution in [0.4, 0.5) is 11.4 Å². The molecule has 352 valence electrons. The number of carbonyl (C=O) groups is 1. The van der Waals surface area contributed by atoms with Gasteiger partial charge in [-0.3, -0.25) is 9.69 Å². The molecule has 0 spiro atoms. The van der Waals surface area contributed by atoms with Gasteiger partial charge in [-0.1, -0.05) is 39.0 Å². The fraction of sp³-hybridized carbons (Fsp3) is 0.407. The Kier molecular flexibility index (Phi) is 13.3. The molecule has 0 saturated carbocycles. The van der Waals surface area contributed by atoms with Gasteiger partial charge in [0.15, 0.2) is 11.9 Å². The maximum absolute atomic E-state index is 12.9. The summed E-state index contributed by atoms with van der Waals surface area (Å²) in [5.74, 6) is 9.79. The Morgan fingerprint density at radius 2 is 1.64 bits per heavy atom. The largest absolute Gasteiger partial charge is 0.384 e. The molecule has 4 N–H and O–H groups in total. The quantitative estimate of drug-likeness (QED) is 0.106. The Morgan fingerprint density at radius 3 is 2.33 bits per heavy atom. The lowest BCUT2D eigenvalue weighted by atomic mass is 9.69. The molecule has 3 aliphatic heterocycles. The van der Waals surface area contributed by atoms with Gasteiger partial charge in [0.25, 0.3) is 0 Å². The number of carbonyl (C=O) groups excluding carboxylic acids is 6. The highest BCUT2D eigenvalue weighted by Crippen LogP contribution is 2.50. The van der Waals surface area contributed by atoms with E-state index in [-0.39, 0.29) is 40.8 Å². The van der Waals surface area contributed by atoms with Crippen molar-refractivity contribution in [1.82, 2.24) is 30.0 Å². The van der Waals surface area contributed by atoms with Crippen molar-refractivity contribution in [3.05, 3.63) is 104 Å². The second-order valence-corrected chi connectivity index (χ2v) is 19.0. The number of hydrogen-bond donors (Lipinski definition) is 4. The zero-order valence-electron chi connectivity index (χ0n) is 39.3. The van der Waals surface area contributed by atoms with Crippen LogP contribution in [0.25, 0.3) is 27.2 Å². The molecule has 0 radical (unpaired) electrons. The molecular formula is C54H55N9O6. The van der Waals surface area contributed by atoms with Crippen molar-refractivity contribution in [3.8, 4) is 6.07 Å². The number of aryl methyl sites for hydroxylation is 1. The second kappa shape index (κ2) is 19.6. The van der Waals surface area contributed by atoms with Crippen LogP contribution in [0.15, 0.2) is 59.9 Å². The maximum Gasteiger partial charge on any atom is 0.221 e. The average molecular weight is 926 g/mol. The summed E-state index contributed by atoms with van der Waals surface area (Å²) in [7, 11) is 0. The van der Waals surface area contributed by atoms with E-state index in [1.165, 1.54) is 15.8 Å². The first kappa shape index (κ1) is 46.6. The second-order valence-electron chi connectivity index (χ2n) is 19.0. The van der Waals surface area contributed by atoms with E-state index >= 15 is 0 Å². The third-order valence-electron chi connectivity index (χ3n) is 14.9.